The predicted molar refractivity (Wildman–Crippen MR) is 93.1 cm³/mol. The lowest BCUT2D eigenvalue weighted by Gasteiger charge is -2.48. The summed E-state index contributed by atoms with van der Waals surface area (Å²) in [5.41, 5.74) is 0.280. The van der Waals surface area contributed by atoms with E-state index in [2.05, 4.69) is 0 Å². The largest absolute Gasteiger partial charge is 0.465 e. The van der Waals surface area contributed by atoms with E-state index in [1.807, 2.05) is 30.3 Å². The minimum Gasteiger partial charge on any atom is -0.465 e. The van der Waals surface area contributed by atoms with Gasteiger partial charge in [0.1, 0.15) is 5.82 Å². The number of piperidine rings is 1. The second kappa shape index (κ2) is 8.00. The van der Waals surface area contributed by atoms with Crippen molar-refractivity contribution in [2.75, 3.05) is 6.54 Å². The van der Waals surface area contributed by atoms with E-state index in [4.69, 9.17) is 4.74 Å². The number of hydrogen-bond acceptors (Lipinski definition) is 2. The van der Waals surface area contributed by atoms with Gasteiger partial charge in [0.05, 0.1) is 11.6 Å². The molecule has 4 nitrogen and oxygen atoms in total. The number of amides is 1. The predicted octanol–water partition coefficient (Wildman–Crippen LogP) is 4.65. The molecule has 2 unspecified atom stereocenters. The molecule has 2 aromatic carbocycles. The first-order valence-electron chi connectivity index (χ1n) is 8.65. The number of alkyl halides is 2. The van der Waals surface area contributed by atoms with Crippen LogP contribution in [0.25, 0.3) is 0 Å². The smallest absolute Gasteiger partial charge is 0.408 e. The van der Waals surface area contributed by atoms with Gasteiger partial charge >= 0.3 is 12.7 Å². The Balaban J connectivity index is 2.08. The van der Waals surface area contributed by atoms with Gasteiger partial charge in [0.2, 0.25) is 0 Å². The van der Waals surface area contributed by atoms with Crippen LogP contribution in [-0.4, -0.2) is 35.4 Å². The van der Waals surface area contributed by atoms with Gasteiger partial charge in [-0.1, -0.05) is 42.5 Å². The molecule has 1 fully saturated rings. The molecular weight excluding hydrogens is 359 g/mol. The lowest BCUT2D eigenvalue weighted by atomic mass is 9.75. The quantitative estimate of drug-likeness (QED) is 0.823. The summed E-state index contributed by atoms with van der Waals surface area (Å²) in [6.07, 6.45) is -1.44. The molecule has 2 aromatic rings. The van der Waals surface area contributed by atoms with Crippen LogP contribution >= 0.6 is 0 Å². The molecule has 1 saturated heterocycles. The van der Waals surface area contributed by atoms with Gasteiger partial charge in [-0.2, -0.15) is 8.78 Å². The van der Waals surface area contributed by atoms with E-state index in [1.165, 1.54) is 29.2 Å². The lowest BCUT2D eigenvalue weighted by Crippen LogP contribution is -2.56. The van der Waals surface area contributed by atoms with Crippen LogP contribution in [0.5, 0.6) is 0 Å². The third kappa shape index (κ3) is 4.24. The Morgan fingerprint density at radius 2 is 1.85 bits per heavy atom. The van der Waals surface area contributed by atoms with Gasteiger partial charge in [0.25, 0.3) is 0 Å². The number of likely N-dealkylation sites (tertiary alicyclic amines) is 1. The zero-order valence-corrected chi connectivity index (χ0v) is 14.5. The highest BCUT2D eigenvalue weighted by molar-refractivity contribution is 5.67. The molecule has 27 heavy (non-hydrogen) atoms. The van der Waals surface area contributed by atoms with Crippen molar-refractivity contribution in [3.05, 3.63) is 71.5 Å². The minimum atomic E-state index is -2.94. The molecule has 3 rings (SSSR count). The zero-order chi connectivity index (χ0) is 19.4. The lowest BCUT2D eigenvalue weighted by molar-refractivity contribution is -0.184. The minimum absolute atomic E-state index is 0.0525. The topological polar surface area (TPSA) is 49.8 Å². The van der Waals surface area contributed by atoms with E-state index in [0.717, 1.165) is 5.56 Å². The maximum absolute atomic E-state index is 13.5. The van der Waals surface area contributed by atoms with E-state index >= 15 is 0 Å². The van der Waals surface area contributed by atoms with Crippen molar-refractivity contribution in [1.82, 2.24) is 4.90 Å². The number of rotatable bonds is 5. The fourth-order valence-corrected chi connectivity index (χ4v) is 3.85. The molecule has 0 aliphatic carbocycles. The molecule has 2 atom stereocenters. The van der Waals surface area contributed by atoms with Crippen LogP contribution in [0.3, 0.4) is 0 Å². The van der Waals surface area contributed by atoms with Crippen molar-refractivity contribution < 1.29 is 27.8 Å². The van der Waals surface area contributed by atoms with Gasteiger partial charge in [0, 0.05) is 19.4 Å². The second-order valence-corrected chi connectivity index (χ2v) is 6.65. The Kier molecular flexibility index (Phi) is 5.70. The Hall–Kier alpha value is -2.54. The van der Waals surface area contributed by atoms with Crippen molar-refractivity contribution in [1.29, 1.82) is 0 Å². The number of carboxylic acid groups (broad SMARTS) is 1. The maximum atomic E-state index is 13.5. The summed E-state index contributed by atoms with van der Waals surface area (Å²) in [6.45, 7) is -2.88. The Morgan fingerprint density at radius 1 is 1.19 bits per heavy atom. The van der Waals surface area contributed by atoms with Crippen LogP contribution in [0.15, 0.2) is 54.6 Å². The summed E-state index contributed by atoms with van der Waals surface area (Å²) in [7, 11) is 0. The first kappa shape index (κ1) is 19.2. The summed E-state index contributed by atoms with van der Waals surface area (Å²) in [6, 6.07) is 14.7. The third-order valence-corrected chi connectivity index (χ3v) is 5.00. The van der Waals surface area contributed by atoms with Gasteiger partial charge in [-0.05, 0) is 29.7 Å². The fraction of sp³-hybridized carbons (Fsp3) is 0.350. The Labute approximate surface area is 155 Å². The van der Waals surface area contributed by atoms with Crippen LogP contribution in [0, 0.1) is 5.82 Å². The first-order valence-corrected chi connectivity index (χ1v) is 8.65. The molecule has 0 spiro atoms. The molecular formula is C20H20F3NO3. The van der Waals surface area contributed by atoms with Crippen LogP contribution in [0.1, 0.15) is 24.0 Å². The van der Waals surface area contributed by atoms with Crippen LogP contribution in [-0.2, 0) is 16.7 Å². The van der Waals surface area contributed by atoms with Gasteiger partial charge in [-0.25, -0.2) is 9.18 Å². The molecule has 0 saturated carbocycles. The zero-order valence-electron chi connectivity index (χ0n) is 14.5. The summed E-state index contributed by atoms with van der Waals surface area (Å²) in [5.74, 6) is -0.452. The van der Waals surface area contributed by atoms with Crippen molar-refractivity contribution in [3.8, 4) is 0 Å². The summed E-state index contributed by atoms with van der Waals surface area (Å²) < 4.78 is 43.8. The highest BCUT2D eigenvalue weighted by Gasteiger charge is 2.47. The second-order valence-electron chi connectivity index (χ2n) is 6.65. The fourth-order valence-electron chi connectivity index (χ4n) is 3.85. The van der Waals surface area contributed by atoms with Gasteiger partial charge in [0.15, 0.2) is 0 Å². The van der Waals surface area contributed by atoms with E-state index in [9.17, 15) is 23.1 Å². The SMILES string of the molecule is O=C(O)N1CCC(OC(F)F)CC1(Cc1ccccc1)c1ccc(F)cc1. The van der Waals surface area contributed by atoms with E-state index in [1.54, 1.807) is 0 Å². The molecule has 1 amide bonds. The highest BCUT2D eigenvalue weighted by atomic mass is 19.3. The molecule has 144 valence electrons. The molecule has 0 radical (unpaired) electrons. The van der Waals surface area contributed by atoms with Crippen molar-refractivity contribution in [3.63, 3.8) is 0 Å². The van der Waals surface area contributed by atoms with Gasteiger partial charge in [-0.15, -0.1) is 0 Å². The number of nitrogens with zero attached hydrogens (tertiary/aromatic N) is 1. The molecule has 1 heterocycles. The first-order chi connectivity index (χ1) is 12.9. The summed E-state index contributed by atoms with van der Waals surface area (Å²) in [5, 5.41) is 9.80. The standard InChI is InChI=1S/C20H20F3NO3/c21-16-8-6-15(7-9-16)20(12-14-4-2-1-3-5-14)13-17(27-18(22)23)10-11-24(20)19(25)26/h1-9,17-18H,10-13H2,(H,25,26). The van der Waals surface area contributed by atoms with Crippen LogP contribution in [0.4, 0.5) is 18.0 Å². The third-order valence-electron chi connectivity index (χ3n) is 5.00. The summed E-state index contributed by atoms with van der Waals surface area (Å²) in [4.78, 5) is 13.3. The van der Waals surface area contributed by atoms with Crippen LogP contribution < -0.4 is 0 Å². The number of hydrogen-bond donors (Lipinski definition) is 1. The molecule has 0 aromatic heterocycles. The Morgan fingerprint density at radius 3 is 2.44 bits per heavy atom. The van der Waals surface area contributed by atoms with Gasteiger partial charge in [-0.3, -0.25) is 4.90 Å². The van der Waals surface area contributed by atoms with E-state index in [-0.39, 0.29) is 25.8 Å². The number of carbonyl (C=O) groups is 1. The summed E-state index contributed by atoms with van der Waals surface area (Å²) >= 11 is 0. The van der Waals surface area contributed by atoms with Crippen molar-refractivity contribution in [2.45, 2.75) is 37.5 Å². The number of ether oxygens (including phenoxy) is 1. The monoisotopic (exact) mass is 379 g/mol. The van der Waals surface area contributed by atoms with E-state index in [0.29, 0.717) is 5.56 Å². The Bertz CT molecular complexity index is 770. The normalized spacial score (nSPS) is 22.8. The van der Waals surface area contributed by atoms with Crippen molar-refractivity contribution >= 4 is 6.09 Å². The average Bonchev–Trinajstić information content (AvgIpc) is 2.62. The molecule has 0 bridgehead atoms. The number of halogens is 3. The highest BCUT2D eigenvalue weighted by Crippen LogP contribution is 2.42. The van der Waals surface area contributed by atoms with Gasteiger partial charge < -0.3 is 9.84 Å². The van der Waals surface area contributed by atoms with Crippen molar-refractivity contribution in [2.24, 2.45) is 0 Å². The van der Waals surface area contributed by atoms with E-state index < -0.39 is 30.2 Å². The van der Waals surface area contributed by atoms with Crippen LogP contribution in [0.2, 0.25) is 0 Å². The molecule has 1 aliphatic rings. The number of benzene rings is 2. The maximum Gasteiger partial charge on any atom is 0.408 e. The molecule has 1 N–H and O–H groups in total. The average molecular weight is 379 g/mol. The molecule has 7 heteroatoms. The molecule has 1 aliphatic heterocycles.